The number of ether oxygens (including phenoxy) is 4. The largest absolute Gasteiger partial charge is 0.460 e. The van der Waals surface area contributed by atoms with Gasteiger partial charge in [0.1, 0.15) is 12.2 Å². The molecule has 0 N–H and O–H groups in total. The first kappa shape index (κ1) is 31.7. The van der Waals surface area contributed by atoms with Gasteiger partial charge >= 0.3 is 35.8 Å². The van der Waals surface area contributed by atoms with E-state index >= 15 is 0 Å². The molecule has 224 valence electrons. The fourth-order valence-electron chi connectivity index (χ4n) is 4.03. The summed E-state index contributed by atoms with van der Waals surface area (Å²) in [4.78, 5) is 0. The summed E-state index contributed by atoms with van der Waals surface area (Å²) < 4.78 is 196. The van der Waals surface area contributed by atoms with Crippen molar-refractivity contribution in [3.63, 3.8) is 0 Å². The summed E-state index contributed by atoms with van der Waals surface area (Å²) in [6.45, 7) is 2.67. The highest BCUT2D eigenvalue weighted by atomic mass is 19.4. The maximum atomic E-state index is 14.3. The lowest BCUT2D eigenvalue weighted by atomic mass is 9.91. The Balaban J connectivity index is 1.80. The van der Waals surface area contributed by atoms with Crippen LogP contribution in [0.4, 0.5) is 57.1 Å². The molecule has 1 aromatic carbocycles. The Labute approximate surface area is 212 Å². The topological polar surface area (TPSA) is 36.9 Å². The third-order valence-electron chi connectivity index (χ3n) is 6.11. The van der Waals surface area contributed by atoms with Gasteiger partial charge < -0.3 is 18.9 Å². The van der Waals surface area contributed by atoms with Crippen LogP contribution < -0.4 is 0 Å². The number of alkyl halides is 13. The Hall–Kier alpha value is -1.85. The predicted molar refractivity (Wildman–Crippen MR) is 104 cm³/mol. The van der Waals surface area contributed by atoms with Crippen molar-refractivity contribution in [2.75, 3.05) is 0 Å². The monoisotopic (exact) mass is 596 g/mol. The predicted octanol–water partition coefficient (Wildman–Crippen LogP) is 6.97. The molecule has 0 unspecified atom stereocenters. The molecule has 0 aromatic heterocycles. The molecule has 0 spiro atoms. The van der Waals surface area contributed by atoms with Crippen molar-refractivity contribution in [3.8, 4) is 0 Å². The SMILES string of the molecule is CC1(C)O[C@H]2O[C@H](CCC(F)(F)C(F)(F)C(F)(F)C(F)(F)C(F)(F)C(F)(F)F)[C@H](OCc3ccccc3)[C@H]2O1. The highest BCUT2D eigenvalue weighted by Gasteiger charge is 2.90. The fourth-order valence-corrected chi connectivity index (χ4v) is 4.03. The third kappa shape index (κ3) is 5.43. The second-order valence-electron chi connectivity index (χ2n) is 9.44. The summed E-state index contributed by atoms with van der Waals surface area (Å²) in [7, 11) is 0. The molecular formula is C22H21F13O4. The van der Waals surface area contributed by atoms with E-state index < -0.39 is 79.0 Å². The zero-order valence-electron chi connectivity index (χ0n) is 19.9. The second-order valence-corrected chi connectivity index (χ2v) is 9.44. The van der Waals surface area contributed by atoms with Gasteiger partial charge in [0.25, 0.3) is 0 Å². The molecule has 2 saturated heterocycles. The number of benzene rings is 1. The number of rotatable bonds is 10. The zero-order chi connectivity index (χ0) is 29.9. The summed E-state index contributed by atoms with van der Waals surface area (Å²) in [5.74, 6) is -38.4. The van der Waals surface area contributed by atoms with Crippen LogP contribution in [0, 0.1) is 0 Å². The second kappa shape index (κ2) is 9.91. The molecule has 0 saturated carbocycles. The minimum atomic E-state index is -7.94. The van der Waals surface area contributed by atoms with Crippen molar-refractivity contribution in [1.29, 1.82) is 0 Å². The van der Waals surface area contributed by atoms with Gasteiger partial charge in [0, 0.05) is 6.42 Å². The first-order chi connectivity index (χ1) is 17.5. The van der Waals surface area contributed by atoms with E-state index in [0.717, 1.165) is 0 Å². The van der Waals surface area contributed by atoms with Crippen molar-refractivity contribution in [1.82, 2.24) is 0 Å². The third-order valence-corrected chi connectivity index (χ3v) is 6.11. The van der Waals surface area contributed by atoms with Crippen LogP contribution in [-0.2, 0) is 25.6 Å². The normalized spacial score (nSPS) is 26.6. The highest BCUT2D eigenvalue weighted by molar-refractivity contribution is 5.14. The summed E-state index contributed by atoms with van der Waals surface area (Å²) in [6, 6.07) is 8.06. The molecule has 2 heterocycles. The molecule has 17 heteroatoms. The smallest absolute Gasteiger partial charge is 0.368 e. The minimum Gasteiger partial charge on any atom is -0.368 e. The Bertz CT molecular complexity index is 997. The average Bonchev–Trinajstić information content (AvgIpc) is 3.26. The van der Waals surface area contributed by atoms with Gasteiger partial charge in [0.15, 0.2) is 12.1 Å². The van der Waals surface area contributed by atoms with Crippen LogP contribution in [0.3, 0.4) is 0 Å². The van der Waals surface area contributed by atoms with Gasteiger partial charge in [-0.3, -0.25) is 0 Å². The molecule has 0 aliphatic carbocycles. The highest BCUT2D eigenvalue weighted by Crippen LogP contribution is 2.61. The van der Waals surface area contributed by atoms with E-state index in [9.17, 15) is 57.1 Å². The van der Waals surface area contributed by atoms with E-state index in [0.29, 0.717) is 5.56 Å². The van der Waals surface area contributed by atoms with Gasteiger partial charge in [-0.05, 0) is 25.8 Å². The number of hydrogen-bond donors (Lipinski definition) is 0. The van der Waals surface area contributed by atoms with Crippen molar-refractivity contribution >= 4 is 0 Å². The molecular weight excluding hydrogens is 575 g/mol. The van der Waals surface area contributed by atoms with Gasteiger partial charge in [-0.25, -0.2) is 0 Å². The summed E-state index contributed by atoms with van der Waals surface area (Å²) in [5, 5.41) is 0. The van der Waals surface area contributed by atoms with E-state index in [1.54, 1.807) is 30.3 Å². The van der Waals surface area contributed by atoms with Crippen LogP contribution in [0.1, 0.15) is 32.3 Å². The van der Waals surface area contributed by atoms with Crippen LogP contribution in [0.2, 0.25) is 0 Å². The number of fused-ring (bicyclic) bond motifs is 1. The molecule has 2 aliphatic heterocycles. The fraction of sp³-hybridized carbons (Fsp3) is 0.727. The molecule has 0 bridgehead atoms. The van der Waals surface area contributed by atoms with E-state index in [1.807, 2.05) is 0 Å². The summed E-state index contributed by atoms with van der Waals surface area (Å²) in [6.07, 6.45) is -16.6. The quantitative estimate of drug-likeness (QED) is 0.274. The first-order valence-corrected chi connectivity index (χ1v) is 11.1. The molecule has 0 amide bonds. The lowest BCUT2D eigenvalue weighted by Crippen LogP contribution is -2.70. The van der Waals surface area contributed by atoms with Crippen LogP contribution in [0.5, 0.6) is 0 Å². The zero-order valence-corrected chi connectivity index (χ0v) is 19.9. The van der Waals surface area contributed by atoms with Crippen LogP contribution in [0.15, 0.2) is 30.3 Å². The van der Waals surface area contributed by atoms with E-state index in [1.165, 1.54) is 13.8 Å². The van der Waals surface area contributed by atoms with Crippen LogP contribution >= 0.6 is 0 Å². The summed E-state index contributed by atoms with van der Waals surface area (Å²) in [5.41, 5.74) is 0.544. The number of halogens is 13. The first-order valence-electron chi connectivity index (χ1n) is 11.1. The molecule has 39 heavy (non-hydrogen) atoms. The van der Waals surface area contributed by atoms with E-state index in [4.69, 9.17) is 18.9 Å². The van der Waals surface area contributed by atoms with Gasteiger partial charge in [0.05, 0.1) is 12.7 Å². The van der Waals surface area contributed by atoms with E-state index in [-0.39, 0.29) is 6.61 Å². The Morgan fingerprint density at radius 2 is 1.28 bits per heavy atom. The molecule has 3 rings (SSSR count). The molecule has 0 radical (unpaired) electrons. The minimum absolute atomic E-state index is 0.207. The van der Waals surface area contributed by atoms with Gasteiger partial charge in [-0.15, -0.1) is 0 Å². The molecule has 4 atom stereocenters. The molecule has 2 aliphatic rings. The van der Waals surface area contributed by atoms with Gasteiger partial charge in [-0.2, -0.15) is 57.1 Å². The Morgan fingerprint density at radius 1 is 0.744 bits per heavy atom. The molecule has 2 fully saturated rings. The van der Waals surface area contributed by atoms with Gasteiger partial charge in [0.2, 0.25) is 0 Å². The summed E-state index contributed by atoms with van der Waals surface area (Å²) >= 11 is 0. The Morgan fingerprint density at radius 3 is 1.82 bits per heavy atom. The van der Waals surface area contributed by atoms with Crippen LogP contribution in [-0.4, -0.2) is 66.2 Å². The van der Waals surface area contributed by atoms with Crippen molar-refractivity contribution < 1.29 is 76.0 Å². The number of hydrogen-bond acceptors (Lipinski definition) is 4. The van der Waals surface area contributed by atoms with Crippen molar-refractivity contribution in [2.24, 2.45) is 0 Å². The lowest BCUT2D eigenvalue weighted by molar-refractivity contribution is -0.440. The van der Waals surface area contributed by atoms with E-state index in [2.05, 4.69) is 0 Å². The molecule has 4 nitrogen and oxygen atoms in total. The average molecular weight is 596 g/mol. The van der Waals surface area contributed by atoms with Gasteiger partial charge in [-0.1, -0.05) is 30.3 Å². The lowest BCUT2D eigenvalue weighted by Gasteiger charge is -2.40. The van der Waals surface area contributed by atoms with Crippen molar-refractivity contribution in [3.05, 3.63) is 35.9 Å². The van der Waals surface area contributed by atoms with Crippen molar-refractivity contribution in [2.45, 2.75) is 99.5 Å². The standard InChI is InChI=1S/C22H21F13O4/c1-16(2)38-14-13(36-10-11-6-4-3-5-7-11)12(37-15(14)39-16)8-9-17(23,24)18(25,26)19(27,28)20(29,30)21(31,32)22(33,34)35/h3-7,12-15H,8-10H2,1-2H3/t12-,13+,14-,15-/m1/s1. The molecule has 1 aromatic rings. The maximum Gasteiger partial charge on any atom is 0.460 e. The Kier molecular flexibility index (Phi) is 8.04. The maximum absolute atomic E-state index is 14.3. The van der Waals surface area contributed by atoms with Crippen LogP contribution in [0.25, 0.3) is 0 Å².